The average Bonchev–Trinajstić information content (AvgIpc) is 2.81. The van der Waals surface area contributed by atoms with E-state index in [4.69, 9.17) is 4.74 Å². The second-order valence-corrected chi connectivity index (χ2v) is 6.64. The van der Waals surface area contributed by atoms with Crippen LogP contribution in [0.5, 0.6) is 5.75 Å². The molecular weight excluding hydrogens is 400 g/mol. The van der Waals surface area contributed by atoms with Gasteiger partial charge in [0.2, 0.25) is 0 Å². The highest BCUT2D eigenvalue weighted by molar-refractivity contribution is 6.11. The van der Waals surface area contributed by atoms with Crippen molar-refractivity contribution >= 4 is 17.3 Å². The van der Waals surface area contributed by atoms with E-state index in [1.165, 1.54) is 19.4 Å². The summed E-state index contributed by atoms with van der Waals surface area (Å²) in [5.74, 6) is -0.935. The van der Waals surface area contributed by atoms with Crippen molar-refractivity contribution in [1.82, 2.24) is 9.97 Å². The van der Waals surface area contributed by atoms with E-state index in [1.54, 1.807) is 30.5 Å². The molecule has 0 aliphatic carbocycles. The Kier molecular flexibility index (Phi) is 5.66. The molecule has 2 aromatic heterocycles. The molecule has 0 spiro atoms. The number of hydrogen-bond acceptors (Lipinski definition) is 5. The second kappa shape index (κ2) is 8.71. The third kappa shape index (κ3) is 4.40. The van der Waals surface area contributed by atoms with Gasteiger partial charge in [0, 0.05) is 29.6 Å². The molecule has 0 aliphatic heterocycles. The van der Waals surface area contributed by atoms with Crippen LogP contribution in [0.25, 0.3) is 11.3 Å². The maximum atomic E-state index is 13.8. The third-order valence-corrected chi connectivity index (χ3v) is 4.62. The minimum atomic E-state index is -0.738. The molecule has 1 N–H and O–H groups in total. The Morgan fingerprint density at radius 3 is 2.52 bits per heavy atom. The van der Waals surface area contributed by atoms with E-state index in [9.17, 15) is 13.6 Å². The van der Waals surface area contributed by atoms with Crippen LogP contribution in [0.3, 0.4) is 0 Å². The Morgan fingerprint density at radius 1 is 0.968 bits per heavy atom. The molecule has 0 atom stereocenters. The minimum Gasteiger partial charge on any atom is -0.496 e. The van der Waals surface area contributed by atoms with E-state index >= 15 is 0 Å². The van der Waals surface area contributed by atoms with Crippen molar-refractivity contribution in [3.05, 3.63) is 102 Å². The molecule has 0 fully saturated rings. The number of carbonyl (C=O) groups is 1. The number of ether oxygens (including phenoxy) is 1. The van der Waals surface area contributed by atoms with Crippen molar-refractivity contribution in [3.63, 3.8) is 0 Å². The highest BCUT2D eigenvalue weighted by atomic mass is 19.1. The molecule has 4 rings (SSSR count). The van der Waals surface area contributed by atoms with E-state index < -0.39 is 11.6 Å². The van der Waals surface area contributed by atoms with Gasteiger partial charge in [-0.25, -0.2) is 13.8 Å². The van der Waals surface area contributed by atoms with Crippen LogP contribution in [0.2, 0.25) is 0 Å². The zero-order valence-corrected chi connectivity index (χ0v) is 16.5. The molecule has 4 aromatic rings. The lowest BCUT2D eigenvalue weighted by molar-refractivity contribution is 0.103. The first kappa shape index (κ1) is 20.2. The molecule has 7 heteroatoms. The van der Waals surface area contributed by atoms with E-state index in [1.807, 2.05) is 24.3 Å². The second-order valence-electron chi connectivity index (χ2n) is 6.64. The Balaban J connectivity index is 1.60. The maximum Gasteiger partial charge on any atom is 0.198 e. The van der Waals surface area contributed by atoms with Gasteiger partial charge in [0.25, 0.3) is 0 Å². The number of carbonyl (C=O) groups excluding carboxylic acids is 1. The van der Waals surface area contributed by atoms with Crippen LogP contribution < -0.4 is 10.1 Å². The number of rotatable bonds is 6. The van der Waals surface area contributed by atoms with Crippen LogP contribution in [-0.2, 0) is 0 Å². The van der Waals surface area contributed by atoms with Crippen molar-refractivity contribution in [3.8, 4) is 17.0 Å². The normalized spacial score (nSPS) is 10.5. The molecule has 5 nitrogen and oxygen atoms in total. The number of benzene rings is 2. The number of ketones is 1. The number of nitrogens with one attached hydrogen (secondary N) is 1. The lowest BCUT2D eigenvalue weighted by Crippen LogP contribution is -2.06. The fourth-order valence-electron chi connectivity index (χ4n) is 3.06. The quantitative estimate of drug-likeness (QED) is 0.425. The predicted molar refractivity (Wildman–Crippen MR) is 114 cm³/mol. The van der Waals surface area contributed by atoms with Gasteiger partial charge in [-0.05, 0) is 54.6 Å². The lowest BCUT2D eigenvalue weighted by atomic mass is 10.00. The number of nitrogens with zero attached hydrogens (tertiary/aromatic N) is 2. The van der Waals surface area contributed by atoms with E-state index in [0.29, 0.717) is 22.7 Å². The van der Waals surface area contributed by atoms with Gasteiger partial charge in [-0.3, -0.25) is 9.78 Å². The highest BCUT2D eigenvalue weighted by Crippen LogP contribution is 2.28. The molecule has 0 unspecified atom stereocenters. The summed E-state index contributed by atoms with van der Waals surface area (Å²) in [6.07, 6.45) is 3.07. The van der Waals surface area contributed by atoms with Crippen LogP contribution in [0.1, 0.15) is 15.9 Å². The standard InChI is InChI=1S/C24H17F2N3O2/c1-31-22-9-5-15(20-4-2-3-11-27-20)12-18(22)24(30)16-6-10-23(28-14-16)29-21-8-7-17(25)13-19(21)26/h2-14H,1H3,(H,28,29). The van der Waals surface area contributed by atoms with Crippen LogP contribution in [0.4, 0.5) is 20.3 Å². The molecule has 2 aromatic carbocycles. The van der Waals surface area contributed by atoms with Crippen molar-refractivity contribution in [2.45, 2.75) is 0 Å². The number of hydrogen-bond donors (Lipinski definition) is 1. The van der Waals surface area contributed by atoms with Gasteiger partial charge in [-0.2, -0.15) is 0 Å². The van der Waals surface area contributed by atoms with E-state index in [-0.39, 0.29) is 11.5 Å². The van der Waals surface area contributed by atoms with Gasteiger partial charge in [-0.1, -0.05) is 6.07 Å². The Labute approximate surface area is 177 Å². The van der Waals surface area contributed by atoms with Gasteiger partial charge >= 0.3 is 0 Å². The molecule has 0 bridgehead atoms. The summed E-state index contributed by atoms with van der Waals surface area (Å²) in [6.45, 7) is 0. The van der Waals surface area contributed by atoms with Gasteiger partial charge < -0.3 is 10.1 Å². The van der Waals surface area contributed by atoms with Crippen LogP contribution in [0.15, 0.2) is 79.1 Å². The smallest absolute Gasteiger partial charge is 0.198 e. The van der Waals surface area contributed by atoms with Crippen LogP contribution >= 0.6 is 0 Å². The third-order valence-electron chi connectivity index (χ3n) is 4.62. The fourth-order valence-corrected chi connectivity index (χ4v) is 3.06. The highest BCUT2D eigenvalue weighted by Gasteiger charge is 2.17. The molecule has 0 saturated carbocycles. The molecule has 0 saturated heterocycles. The SMILES string of the molecule is COc1ccc(-c2ccccn2)cc1C(=O)c1ccc(Nc2ccc(F)cc2F)nc1. The summed E-state index contributed by atoms with van der Waals surface area (Å²) >= 11 is 0. The first-order chi connectivity index (χ1) is 15.0. The lowest BCUT2D eigenvalue weighted by Gasteiger charge is -2.11. The molecular formula is C24H17F2N3O2. The number of anilines is 2. The molecule has 0 aliphatic rings. The molecule has 0 radical (unpaired) electrons. The monoisotopic (exact) mass is 417 g/mol. The molecule has 31 heavy (non-hydrogen) atoms. The summed E-state index contributed by atoms with van der Waals surface area (Å²) in [7, 11) is 1.50. The topological polar surface area (TPSA) is 64.1 Å². The largest absolute Gasteiger partial charge is 0.496 e. The predicted octanol–water partition coefficient (Wildman–Crippen LogP) is 5.41. The number of halogens is 2. The van der Waals surface area contributed by atoms with Gasteiger partial charge in [-0.15, -0.1) is 0 Å². The number of methoxy groups -OCH3 is 1. The van der Waals surface area contributed by atoms with Gasteiger partial charge in [0.15, 0.2) is 5.78 Å². The minimum absolute atomic E-state index is 0.0812. The van der Waals surface area contributed by atoms with Crippen molar-refractivity contribution in [2.75, 3.05) is 12.4 Å². The van der Waals surface area contributed by atoms with Crippen molar-refractivity contribution in [1.29, 1.82) is 0 Å². The fraction of sp³-hybridized carbons (Fsp3) is 0.0417. The zero-order chi connectivity index (χ0) is 21.8. The van der Waals surface area contributed by atoms with Crippen molar-refractivity contribution in [2.24, 2.45) is 0 Å². The molecule has 0 amide bonds. The zero-order valence-electron chi connectivity index (χ0n) is 16.5. The first-order valence-corrected chi connectivity index (χ1v) is 9.37. The summed E-state index contributed by atoms with van der Waals surface area (Å²) in [5.41, 5.74) is 2.30. The van der Waals surface area contributed by atoms with E-state index in [0.717, 1.165) is 23.4 Å². The van der Waals surface area contributed by atoms with Gasteiger partial charge in [0.1, 0.15) is 23.2 Å². The number of pyridine rings is 2. The maximum absolute atomic E-state index is 13.8. The molecule has 154 valence electrons. The summed E-state index contributed by atoms with van der Waals surface area (Å²) < 4.78 is 32.2. The number of aromatic nitrogens is 2. The van der Waals surface area contributed by atoms with Crippen molar-refractivity contribution < 1.29 is 18.3 Å². The van der Waals surface area contributed by atoms with Crippen LogP contribution in [0, 0.1) is 11.6 Å². The Hall–Kier alpha value is -4.13. The Morgan fingerprint density at radius 2 is 1.84 bits per heavy atom. The van der Waals surface area contributed by atoms with E-state index in [2.05, 4.69) is 15.3 Å². The average molecular weight is 417 g/mol. The summed E-state index contributed by atoms with van der Waals surface area (Å²) in [5, 5.41) is 2.76. The molecule has 2 heterocycles. The Bertz CT molecular complexity index is 1230. The summed E-state index contributed by atoms with van der Waals surface area (Å²) in [4.78, 5) is 21.6. The first-order valence-electron chi connectivity index (χ1n) is 9.37. The van der Waals surface area contributed by atoms with Gasteiger partial charge in [0.05, 0.1) is 24.1 Å². The van der Waals surface area contributed by atoms with Crippen LogP contribution in [-0.4, -0.2) is 22.9 Å². The summed E-state index contributed by atoms with van der Waals surface area (Å²) in [6, 6.07) is 17.1.